The van der Waals surface area contributed by atoms with E-state index in [0.717, 1.165) is 12.1 Å². The van der Waals surface area contributed by atoms with Crippen molar-refractivity contribution in [1.82, 2.24) is 0 Å². The first kappa shape index (κ1) is 20.9. The Hall–Kier alpha value is -3.37. The Labute approximate surface area is 180 Å². The lowest BCUT2D eigenvalue weighted by Crippen LogP contribution is -2.14. The van der Waals surface area contributed by atoms with E-state index in [1.807, 2.05) is 0 Å². The number of ether oxygens (including phenoxy) is 2. The SMILES string of the molecule is O=C(Nc1ccc(NS(=O)(=O)c2ccc(F)c(F)c2)cc1)c1cc(Cl)c2c(c1)OCO2. The molecule has 3 aromatic carbocycles. The number of rotatable bonds is 5. The van der Waals surface area contributed by atoms with Gasteiger partial charge in [-0.3, -0.25) is 9.52 Å². The van der Waals surface area contributed by atoms with E-state index in [9.17, 15) is 22.0 Å². The number of sulfonamides is 1. The van der Waals surface area contributed by atoms with Crippen LogP contribution in [0.2, 0.25) is 5.02 Å². The molecule has 0 saturated heterocycles. The molecule has 7 nitrogen and oxygen atoms in total. The van der Waals surface area contributed by atoms with Crippen LogP contribution in [0.25, 0.3) is 0 Å². The van der Waals surface area contributed by atoms with Crippen molar-refractivity contribution in [2.45, 2.75) is 4.90 Å². The van der Waals surface area contributed by atoms with E-state index in [0.29, 0.717) is 23.3 Å². The van der Waals surface area contributed by atoms with Gasteiger partial charge in [-0.2, -0.15) is 0 Å². The smallest absolute Gasteiger partial charge is 0.261 e. The minimum absolute atomic E-state index is 0.0159. The van der Waals surface area contributed by atoms with Gasteiger partial charge in [0.1, 0.15) is 0 Å². The monoisotopic (exact) mass is 466 g/mol. The molecule has 1 amide bonds. The maximum absolute atomic E-state index is 13.3. The number of benzene rings is 3. The fourth-order valence-corrected chi connectivity index (χ4v) is 4.12. The Bertz CT molecular complexity index is 1280. The number of fused-ring (bicyclic) bond motifs is 1. The van der Waals surface area contributed by atoms with Gasteiger partial charge in [-0.25, -0.2) is 17.2 Å². The molecule has 0 atom stereocenters. The average molecular weight is 467 g/mol. The summed E-state index contributed by atoms with van der Waals surface area (Å²) < 4.78 is 63.7. The van der Waals surface area contributed by atoms with Gasteiger partial charge in [-0.05, 0) is 54.6 Å². The molecule has 0 spiro atoms. The van der Waals surface area contributed by atoms with E-state index in [-0.39, 0.29) is 23.1 Å². The van der Waals surface area contributed by atoms with Crippen LogP contribution in [0.5, 0.6) is 11.5 Å². The molecule has 0 saturated carbocycles. The molecule has 1 aliphatic heterocycles. The summed E-state index contributed by atoms with van der Waals surface area (Å²) in [5.41, 5.74) is 0.792. The molecule has 1 heterocycles. The summed E-state index contributed by atoms with van der Waals surface area (Å²) in [4.78, 5) is 12.1. The third-order valence-electron chi connectivity index (χ3n) is 4.29. The number of nitrogens with one attached hydrogen (secondary N) is 2. The molecule has 4 rings (SSSR count). The molecule has 0 fully saturated rings. The van der Waals surface area contributed by atoms with E-state index in [4.69, 9.17) is 21.1 Å². The molecule has 0 radical (unpaired) electrons. The quantitative estimate of drug-likeness (QED) is 0.581. The molecule has 0 bridgehead atoms. The minimum atomic E-state index is -4.13. The largest absolute Gasteiger partial charge is 0.454 e. The van der Waals surface area contributed by atoms with Gasteiger partial charge in [0.15, 0.2) is 23.1 Å². The van der Waals surface area contributed by atoms with Crippen LogP contribution in [-0.2, 0) is 10.0 Å². The number of amides is 1. The summed E-state index contributed by atoms with van der Waals surface area (Å²) >= 11 is 6.08. The van der Waals surface area contributed by atoms with Gasteiger partial charge in [0.25, 0.3) is 15.9 Å². The van der Waals surface area contributed by atoms with Gasteiger partial charge in [-0.1, -0.05) is 11.6 Å². The Morgan fingerprint density at radius 3 is 2.35 bits per heavy atom. The zero-order chi connectivity index (χ0) is 22.2. The lowest BCUT2D eigenvalue weighted by Gasteiger charge is -2.10. The van der Waals surface area contributed by atoms with Crippen LogP contribution in [0, 0.1) is 11.6 Å². The highest BCUT2D eigenvalue weighted by atomic mass is 35.5. The second kappa shape index (κ2) is 8.05. The summed E-state index contributed by atoms with van der Waals surface area (Å²) in [7, 11) is -4.13. The van der Waals surface area contributed by atoms with Crippen LogP contribution >= 0.6 is 11.6 Å². The first-order chi connectivity index (χ1) is 14.7. The van der Waals surface area contributed by atoms with Crippen molar-refractivity contribution >= 4 is 38.9 Å². The highest BCUT2D eigenvalue weighted by Gasteiger charge is 2.21. The van der Waals surface area contributed by atoms with Crippen LogP contribution in [0.15, 0.2) is 59.5 Å². The van der Waals surface area contributed by atoms with E-state index in [1.54, 1.807) is 0 Å². The van der Waals surface area contributed by atoms with E-state index >= 15 is 0 Å². The Balaban J connectivity index is 1.46. The van der Waals surface area contributed by atoms with Crippen LogP contribution < -0.4 is 19.5 Å². The molecule has 0 aromatic heterocycles. The number of hydrogen-bond donors (Lipinski definition) is 2. The molecule has 11 heteroatoms. The number of carbonyl (C=O) groups is 1. The maximum atomic E-state index is 13.3. The van der Waals surface area contributed by atoms with E-state index < -0.39 is 32.5 Å². The van der Waals surface area contributed by atoms with E-state index in [1.165, 1.54) is 36.4 Å². The van der Waals surface area contributed by atoms with Crippen LogP contribution in [-0.4, -0.2) is 21.1 Å². The molecule has 0 unspecified atom stereocenters. The lowest BCUT2D eigenvalue weighted by molar-refractivity contribution is 0.102. The second-order valence-electron chi connectivity index (χ2n) is 6.40. The van der Waals surface area contributed by atoms with Crippen molar-refractivity contribution in [3.8, 4) is 11.5 Å². The van der Waals surface area contributed by atoms with Gasteiger partial charge in [0, 0.05) is 16.9 Å². The minimum Gasteiger partial charge on any atom is -0.454 e. The number of carbonyl (C=O) groups excluding carboxylic acids is 1. The van der Waals surface area contributed by atoms with Crippen LogP contribution in [0.1, 0.15) is 10.4 Å². The fraction of sp³-hybridized carbons (Fsp3) is 0.0500. The summed E-state index contributed by atoms with van der Waals surface area (Å²) in [6.45, 7) is 0.0159. The average Bonchev–Trinajstić information content (AvgIpc) is 3.20. The highest BCUT2D eigenvalue weighted by molar-refractivity contribution is 7.92. The summed E-state index contributed by atoms with van der Waals surface area (Å²) in [6, 6.07) is 10.9. The number of halogens is 3. The van der Waals surface area contributed by atoms with Crippen molar-refractivity contribution in [2.75, 3.05) is 16.8 Å². The third kappa shape index (κ3) is 4.39. The van der Waals surface area contributed by atoms with Crippen molar-refractivity contribution in [3.05, 3.63) is 76.8 Å². The van der Waals surface area contributed by atoms with Crippen LogP contribution in [0.3, 0.4) is 0 Å². The van der Waals surface area contributed by atoms with Crippen molar-refractivity contribution in [2.24, 2.45) is 0 Å². The van der Waals surface area contributed by atoms with Gasteiger partial charge in [-0.15, -0.1) is 0 Å². The standard InChI is InChI=1S/C20H13ClF2N2O5S/c21-15-7-11(8-18-19(15)30-10-29-18)20(26)24-12-1-3-13(4-2-12)25-31(27,28)14-5-6-16(22)17(23)9-14/h1-9,25H,10H2,(H,24,26). The molecule has 31 heavy (non-hydrogen) atoms. The Kier molecular flexibility index (Phi) is 5.42. The van der Waals surface area contributed by atoms with Gasteiger partial charge in [0.2, 0.25) is 6.79 Å². The molecule has 2 N–H and O–H groups in total. The predicted octanol–water partition coefficient (Wildman–Crippen LogP) is 4.40. The first-order valence-electron chi connectivity index (χ1n) is 8.71. The Morgan fingerprint density at radius 2 is 1.65 bits per heavy atom. The summed E-state index contributed by atoms with van der Waals surface area (Å²) in [5, 5.41) is 2.89. The predicted molar refractivity (Wildman–Crippen MR) is 109 cm³/mol. The second-order valence-corrected chi connectivity index (χ2v) is 8.49. The molecule has 1 aliphatic rings. The molecular formula is C20H13ClF2N2O5S. The number of hydrogen-bond acceptors (Lipinski definition) is 5. The van der Waals surface area contributed by atoms with Crippen LogP contribution in [0.4, 0.5) is 20.2 Å². The highest BCUT2D eigenvalue weighted by Crippen LogP contribution is 2.39. The summed E-state index contributed by atoms with van der Waals surface area (Å²) in [6.07, 6.45) is 0. The zero-order valence-electron chi connectivity index (χ0n) is 15.5. The number of anilines is 2. The fourth-order valence-electron chi connectivity index (χ4n) is 2.78. The molecular weight excluding hydrogens is 454 g/mol. The van der Waals surface area contributed by atoms with Gasteiger partial charge in [0.05, 0.1) is 9.92 Å². The molecule has 160 valence electrons. The zero-order valence-corrected chi connectivity index (χ0v) is 17.1. The van der Waals surface area contributed by atoms with E-state index in [2.05, 4.69) is 10.0 Å². The lowest BCUT2D eigenvalue weighted by atomic mass is 10.2. The maximum Gasteiger partial charge on any atom is 0.261 e. The van der Waals surface area contributed by atoms with Gasteiger partial charge < -0.3 is 14.8 Å². The van der Waals surface area contributed by atoms with Crippen molar-refractivity contribution < 1.29 is 31.5 Å². The first-order valence-corrected chi connectivity index (χ1v) is 10.6. The molecule has 3 aromatic rings. The third-order valence-corrected chi connectivity index (χ3v) is 5.95. The normalized spacial score (nSPS) is 12.5. The topological polar surface area (TPSA) is 93.7 Å². The van der Waals surface area contributed by atoms with Crippen molar-refractivity contribution in [1.29, 1.82) is 0 Å². The Morgan fingerprint density at radius 1 is 0.935 bits per heavy atom. The molecule has 0 aliphatic carbocycles. The van der Waals surface area contributed by atoms with Gasteiger partial charge >= 0.3 is 0 Å². The summed E-state index contributed by atoms with van der Waals surface area (Å²) in [5.74, 6) is -2.15. The van der Waals surface area contributed by atoms with Crippen molar-refractivity contribution in [3.63, 3.8) is 0 Å².